The first-order chi connectivity index (χ1) is 14.0. The molecule has 0 bridgehead atoms. The van der Waals surface area contributed by atoms with Gasteiger partial charge >= 0.3 is 12.0 Å². The minimum Gasteiger partial charge on any atom is -0.482 e. The maximum Gasteiger partial charge on any atom is 0.344 e. The van der Waals surface area contributed by atoms with Crippen LogP contribution in [0.5, 0.6) is 5.75 Å². The van der Waals surface area contributed by atoms with Crippen molar-refractivity contribution in [3.05, 3.63) is 46.2 Å². The highest BCUT2D eigenvalue weighted by atomic mass is 32.1. The third-order valence-electron chi connectivity index (χ3n) is 3.95. The monoisotopic (exact) mass is 417 g/mol. The molecule has 0 saturated carbocycles. The molecule has 1 aliphatic rings. The number of anilines is 1. The third-order valence-corrected chi connectivity index (χ3v) is 4.83. The van der Waals surface area contributed by atoms with Crippen LogP contribution in [0.2, 0.25) is 0 Å². The lowest BCUT2D eigenvalue weighted by atomic mass is 10.0. The molecule has 0 fully saturated rings. The predicted octanol–water partition coefficient (Wildman–Crippen LogP) is 1.58. The number of thiophene rings is 1. The zero-order chi connectivity index (χ0) is 20.6. The number of nitrogens with one attached hydrogen (secondary N) is 3. The van der Waals surface area contributed by atoms with Gasteiger partial charge in [0.1, 0.15) is 5.75 Å². The van der Waals surface area contributed by atoms with E-state index in [9.17, 15) is 19.2 Å². The van der Waals surface area contributed by atoms with Gasteiger partial charge in [-0.1, -0.05) is 6.07 Å². The number of imide groups is 1. The second-order valence-electron chi connectivity index (χ2n) is 6.13. The number of carbonyl (C=O) groups excluding carboxylic acids is 4. The van der Waals surface area contributed by atoms with Crippen LogP contribution >= 0.6 is 11.3 Å². The van der Waals surface area contributed by atoms with Gasteiger partial charge in [0.15, 0.2) is 13.2 Å². The molecule has 1 aromatic carbocycles. The van der Waals surface area contributed by atoms with Crippen LogP contribution in [0.4, 0.5) is 10.5 Å². The number of fused-ring (bicyclic) bond motifs is 1. The second-order valence-corrected chi connectivity index (χ2v) is 7.16. The van der Waals surface area contributed by atoms with Crippen molar-refractivity contribution in [1.82, 2.24) is 10.6 Å². The van der Waals surface area contributed by atoms with Crippen molar-refractivity contribution in [2.24, 2.45) is 0 Å². The summed E-state index contributed by atoms with van der Waals surface area (Å²) in [5.74, 6) is -1.07. The van der Waals surface area contributed by atoms with Crippen molar-refractivity contribution in [3.8, 4) is 5.75 Å². The van der Waals surface area contributed by atoms with Crippen LogP contribution in [0.3, 0.4) is 0 Å². The van der Waals surface area contributed by atoms with E-state index in [0.29, 0.717) is 25.1 Å². The first-order valence-corrected chi connectivity index (χ1v) is 9.69. The fourth-order valence-electron chi connectivity index (χ4n) is 2.57. The Morgan fingerprint density at radius 3 is 2.79 bits per heavy atom. The van der Waals surface area contributed by atoms with Gasteiger partial charge in [0.25, 0.3) is 5.91 Å². The van der Waals surface area contributed by atoms with Crippen LogP contribution in [-0.4, -0.2) is 37.0 Å². The number of esters is 1. The van der Waals surface area contributed by atoms with E-state index in [1.807, 2.05) is 17.5 Å². The van der Waals surface area contributed by atoms with E-state index < -0.39 is 24.5 Å². The highest BCUT2D eigenvalue weighted by Crippen LogP contribution is 2.26. The summed E-state index contributed by atoms with van der Waals surface area (Å²) in [6, 6.07) is 8.11. The van der Waals surface area contributed by atoms with E-state index in [1.165, 1.54) is 11.3 Å². The number of ether oxygens (including phenoxy) is 2. The van der Waals surface area contributed by atoms with Gasteiger partial charge in [-0.05, 0) is 41.6 Å². The van der Waals surface area contributed by atoms with Gasteiger partial charge in [0.2, 0.25) is 5.91 Å². The molecule has 1 aliphatic heterocycles. The zero-order valence-electron chi connectivity index (χ0n) is 15.4. The number of hydrogen-bond acceptors (Lipinski definition) is 7. The lowest BCUT2D eigenvalue weighted by molar-refractivity contribution is -0.150. The second kappa shape index (κ2) is 9.69. The summed E-state index contributed by atoms with van der Waals surface area (Å²) in [6.07, 6.45) is 0.992. The maximum absolute atomic E-state index is 11.7. The Kier molecular flexibility index (Phi) is 6.80. The van der Waals surface area contributed by atoms with Gasteiger partial charge in [0.05, 0.1) is 6.54 Å². The van der Waals surface area contributed by atoms with Crippen LogP contribution in [0.1, 0.15) is 16.9 Å². The number of rotatable bonds is 7. The van der Waals surface area contributed by atoms with Gasteiger partial charge in [-0.2, -0.15) is 0 Å². The summed E-state index contributed by atoms with van der Waals surface area (Å²) in [6.45, 7) is -0.678. The molecule has 2 heterocycles. The molecule has 2 aromatic rings. The average molecular weight is 417 g/mol. The predicted molar refractivity (Wildman–Crippen MR) is 105 cm³/mol. The highest BCUT2D eigenvalue weighted by molar-refractivity contribution is 7.09. The van der Waals surface area contributed by atoms with Crippen molar-refractivity contribution < 1.29 is 28.7 Å². The van der Waals surface area contributed by atoms with Crippen molar-refractivity contribution in [2.75, 3.05) is 18.5 Å². The molecule has 1 aromatic heterocycles. The van der Waals surface area contributed by atoms with Crippen LogP contribution in [0.15, 0.2) is 35.7 Å². The molecule has 9 nitrogen and oxygen atoms in total. The van der Waals surface area contributed by atoms with E-state index >= 15 is 0 Å². The quantitative estimate of drug-likeness (QED) is 0.588. The summed E-state index contributed by atoms with van der Waals surface area (Å²) in [7, 11) is 0. The Morgan fingerprint density at radius 2 is 2.00 bits per heavy atom. The van der Waals surface area contributed by atoms with Gasteiger partial charge in [0, 0.05) is 17.0 Å². The topological polar surface area (TPSA) is 123 Å². The first kappa shape index (κ1) is 20.3. The van der Waals surface area contributed by atoms with Gasteiger partial charge in [-0.3, -0.25) is 14.9 Å². The molecular weight excluding hydrogens is 398 g/mol. The Hall–Kier alpha value is -3.40. The van der Waals surface area contributed by atoms with E-state index in [4.69, 9.17) is 9.47 Å². The number of amides is 4. The minimum atomic E-state index is -0.745. The molecule has 0 spiro atoms. The standard InChI is InChI=1S/C19H19N3O6S/c23-16-6-3-12-8-13(4-5-15(12)21-16)27-11-18(25)28-10-17(24)22-19(26)20-9-14-2-1-7-29-14/h1-2,4-5,7-8H,3,6,9-11H2,(H,21,23)(H2,20,22,24,26). The molecule has 3 N–H and O–H groups in total. The Bertz CT molecular complexity index is 913. The zero-order valence-corrected chi connectivity index (χ0v) is 16.2. The lowest BCUT2D eigenvalue weighted by Gasteiger charge is -2.17. The molecule has 0 saturated heterocycles. The van der Waals surface area contributed by atoms with Crippen LogP contribution in [0, 0.1) is 0 Å². The largest absolute Gasteiger partial charge is 0.482 e. The van der Waals surface area contributed by atoms with E-state index in [0.717, 1.165) is 16.1 Å². The molecule has 0 unspecified atom stereocenters. The Morgan fingerprint density at radius 1 is 1.14 bits per heavy atom. The van der Waals surface area contributed by atoms with Gasteiger partial charge < -0.3 is 20.1 Å². The number of carbonyl (C=O) groups is 4. The molecule has 3 rings (SSSR count). The average Bonchev–Trinajstić information content (AvgIpc) is 3.23. The summed E-state index contributed by atoms with van der Waals surface area (Å²) >= 11 is 1.48. The summed E-state index contributed by atoms with van der Waals surface area (Å²) < 4.78 is 10.1. The van der Waals surface area contributed by atoms with Crippen molar-refractivity contribution in [2.45, 2.75) is 19.4 Å². The van der Waals surface area contributed by atoms with Crippen molar-refractivity contribution >= 4 is 40.8 Å². The third kappa shape index (κ3) is 6.32. The molecule has 29 heavy (non-hydrogen) atoms. The van der Waals surface area contributed by atoms with Crippen molar-refractivity contribution in [3.63, 3.8) is 0 Å². The van der Waals surface area contributed by atoms with Gasteiger partial charge in [-0.15, -0.1) is 11.3 Å². The number of aryl methyl sites for hydroxylation is 1. The van der Waals surface area contributed by atoms with E-state index in [2.05, 4.69) is 16.0 Å². The fourth-order valence-corrected chi connectivity index (χ4v) is 3.21. The van der Waals surface area contributed by atoms with Crippen LogP contribution < -0.4 is 20.7 Å². The number of urea groups is 1. The van der Waals surface area contributed by atoms with E-state index in [-0.39, 0.29) is 12.5 Å². The molecule has 4 amide bonds. The minimum absolute atomic E-state index is 0.0341. The van der Waals surface area contributed by atoms with Crippen LogP contribution in [0.25, 0.3) is 0 Å². The van der Waals surface area contributed by atoms with Crippen LogP contribution in [-0.2, 0) is 32.1 Å². The summed E-state index contributed by atoms with van der Waals surface area (Å²) in [5.41, 5.74) is 1.65. The van der Waals surface area contributed by atoms with Gasteiger partial charge in [-0.25, -0.2) is 9.59 Å². The number of benzene rings is 1. The summed E-state index contributed by atoms with van der Waals surface area (Å²) in [4.78, 5) is 47.3. The number of hydrogen-bond donors (Lipinski definition) is 3. The summed E-state index contributed by atoms with van der Waals surface area (Å²) in [5, 5.41) is 9.23. The molecule has 0 radical (unpaired) electrons. The molecule has 0 aliphatic carbocycles. The molecular formula is C19H19N3O6S. The molecule has 152 valence electrons. The van der Waals surface area contributed by atoms with E-state index in [1.54, 1.807) is 18.2 Å². The Balaban J connectivity index is 1.34. The normalized spacial score (nSPS) is 12.3. The highest BCUT2D eigenvalue weighted by Gasteiger charge is 2.16. The lowest BCUT2D eigenvalue weighted by Crippen LogP contribution is -2.41. The SMILES string of the molecule is O=C(COC(=O)COc1ccc2c(c1)CCC(=O)N2)NC(=O)NCc1cccs1. The first-order valence-electron chi connectivity index (χ1n) is 8.81. The van der Waals surface area contributed by atoms with Crippen molar-refractivity contribution in [1.29, 1.82) is 0 Å². The molecule has 10 heteroatoms. The smallest absolute Gasteiger partial charge is 0.344 e. The fraction of sp³-hybridized carbons (Fsp3) is 0.263. The maximum atomic E-state index is 11.7. The Labute approximate surface area is 170 Å². The molecule has 0 atom stereocenters.